The molecule has 0 aliphatic heterocycles. The zero-order valence-electron chi connectivity index (χ0n) is 12.0. The summed E-state index contributed by atoms with van der Waals surface area (Å²) in [5.41, 5.74) is 1.96. The molecular formula is C14H15ClN4O2S. The monoisotopic (exact) mass is 338 g/mol. The van der Waals surface area contributed by atoms with Gasteiger partial charge >= 0.3 is 0 Å². The van der Waals surface area contributed by atoms with Crippen LogP contribution >= 0.6 is 22.9 Å². The van der Waals surface area contributed by atoms with Crippen LogP contribution in [0, 0.1) is 5.92 Å². The minimum absolute atomic E-state index is 0.0795. The first-order valence-electron chi connectivity index (χ1n) is 6.61. The lowest BCUT2D eigenvalue weighted by molar-refractivity contribution is -0.118. The Kier molecular flexibility index (Phi) is 5.46. The molecule has 2 rings (SSSR count). The van der Waals surface area contributed by atoms with Gasteiger partial charge in [-0.15, -0.1) is 10.2 Å². The van der Waals surface area contributed by atoms with Gasteiger partial charge in [0.15, 0.2) is 0 Å². The molecule has 1 aromatic heterocycles. The smallest absolute Gasteiger partial charge is 0.251 e. The minimum Gasteiger partial charge on any atom is -0.340 e. The zero-order valence-corrected chi connectivity index (χ0v) is 13.6. The van der Waals surface area contributed by atoms with E-state index in [0.717, 1.165) is 0 Å². The fourth-order valence-corrected chi connectivity index (χ4v) is 2.35. The van der Waals surface area contributed by atoms with Crippen molar-refractivity contribution in [1.82, 2.24) is 15.5 Å². The summed E-state index contributed by atoms with van der Waals surface area (Å²) in [5, 5.41) is 13.7. The maximum atomic E-state index is 12.3. The first kappa shape index (κ1) is 16.4. The van der Waals surface area contributed by atoms with Crippen LogP contribution in [0.3, 0.4) is 0 Å². The summed E-state index contributed by atoms with van der Waals surface area (Å²) in [6.45, 7) is 3.71. The standard InChI is InChI=1S/C14H15ClN4O2S/c1-8(2)11(13(21)18-14-19-16-7-22-14)17-12(20)9-3-5-10(15)6-4-9/h3-8,11H,1-2H3,(H,17,20)(H,18,19,21)/t11-/m0/s1. The van der Waals surface area contributed by atoms with Crippen LogP contribution in [0.5, 0.6) is 0 Å². The Balaban J connectivity index is 2.06. The van der Waals surface area contributed by atoms with Crippen LogP contribution in [0.15, 0.2) is 29.8 Å². The van der Waals surface area contributed by atoms with Crippen LogP contribution in [0.1, 0.15) is 24.2 Å². The predicted molar refractivity (Wildman–Crippen MR) is 86.1 cm³/mol. The molecule has 2 N–H and O–H groups in total. The Morgan fingerprint density at radius 3 is 2.45 bits per heavy atom. The number of nitrogens with zero attached hydrogens (tertiary/aromatic N) is 2. The Morgan fingerprint density at radius 2 is 1.91 bits per heavy atom. The zero-order chi connectivity index (χ0) is 16.1. The van der Waals surface area contributed by atoms with Gasteiger partial charge in [0.1, 0.15) is 11.6 Å². The number of aromatic nitrogens is 2. The summed E-state index contributed by atoms with van der Waals surface area (Å²) in [7, 11) is 0. The molecule has 0 aliphatic carbocycles. The number of anilines is 1. The van der Waals surface area contributed by atoms with Crippen molar-refractivity contribution in [2.75, 3.05) is 5.32 Å². The van der Waals surface area contributed by atoms with Gasteiger partial charge in [-0.25, -0.2) is 0 Å². The highest BCUT2D eigenvalue weighted by molar-refractivity contribution is 7.13. The van der Waals surface area contributed by atoms with Crippen molar-refractivity contribution in [2.24, 2.45) is 5.92 Å². The summed E-state index contributed by atoms with van der Waals surface area (Å²) in [5.74, 6) is -0.735. The number of benzene rings is 1. The molecule has 0 spiro atoms. The first-order valence-corrected chi connectivity index (χ1v) is 7.86. The Morgan fingerprint density at radius 1 is 1.23 bits per heavy atom. The van der Waals surface area contributed by atoms with Gasteiger partial charge in [0.2, 0.25) is 11.0 Å². The average molecular weight is 339 g/mol. The van der Waals surface area contributed by atoms with Gasteiger partial charge in [-0.1, -0.05) is 36.8 Å². The van der Waals surface area contributed by atoms with Crippen LogP contribution in [-0.2, 0) is 4.79 Å². The normalized spacial score (nSPS) is 12.0. The molecule has 2 amide bonds. The molecule has 0 saturated heterocycles. The molecule has 6 nitrogen and oxygen atoms in total. The van der Waals surface area contributed by atoms with Crippen molar-refractivity contribution < 1.29 is 9.59 Å². The van der Waals surface area contributed by atoms with E-state index in [0.29, 0.717) is 15.7 Å². The van der Waals surface area contributed by atoms with E-state index in [1.165, 1.54) is 16.8 Å². The average Bonchev–Trinajstić information content (AvgIpc) is 2.97. The molecule has 0 saturated carbocycles. The number of nitrogens with one attached hydrogen (secondary N) is 2. The lowest BCUT2D eigenvalue weighted by Gasteiger charge is -2.21. The number of rotatable bonds is 5. The van der Waals surface area contributed by atoms with Crippen LogP contribution < -0.4 is 10.6 Å². The fraction of sp³-hybridized carbons (Fsp3) is 0.286. The topological polar surface area (TPSA) is 84.0 Å². The Labute approximate surface area is 136 Å². The van der Waals surface area contributed by atoms with E-state index in [2.05, 4.69) is 20.8 Å². The van der Waals surface area contributed by atoms with Gasteiger partial charge in [0.25, 0.3) is 5.91 Å². The highest BCUT2D eigenvalue weighted by Gasteiger charge is 2.25. The third kappa shape index (κ3) is 4.25. The second-order valence-corrected chi connectivity index (χ2v) is 6.20. The van der Waals surface area contributed by atoms with E-state index < -0.39 is 6.04 Å². The SMILES string of the molecule is CC(C)[C@H](NC(=O)c1ccc(Cl)cc1)C(=O)Nc1nncs1. The molecule has 0 radical (unpaired) electrons. The summed E-state index contributed by atoms with van der Waals surface area (Å²) >= 11 is 7.01. The summed E-state index contributed by atoms with van der Waals surface area (Å²) in [6, 6.07) is 5.80. The molecular weight excluding hydrogens is 324 g/mol. The summed E-state index contributed by atoms with van der Waals surface area (Å²) < 4.78 is 0. The van der Waals surface area contributed by atoms with Gasteiger partial charge < -0.3 is 5.32 Å². The van der Waals surface area contributed by atoms with Crippen LogP contribution in [-0.4, -0.2) is 28.1 Å². The van der Waals surface area contributed by atoms with E-state index in [1.807, 2.05) is 13.8 Å². The van der Waals surface area contributed by atoms with Crippen molar-refractivity contribution in [3.8, 4) is 0 Å². The van der Waals surface area contributed by atoms with Crippen molar-refractivity contribution in [2.45, 2.75) is 19.9 Å². The molecule has 0 aliphatic rings. The lowest BCUT2D eigenvalue weighted by Crippen LogP contribution is -2.47. The first-order chi connectivity index (χ1) is 10.5. The van der Waals surface area contributed by atoms with E-state index in [-0.39, 0.29) is 17.7 Å². The highest BCUT2D eigenvalue weighted by Crippen LogP contribution is 2.13. The maximum Gasteiger partial charge on any atom is 0.251 e. The quantitative estimate of drug-likeness (QED) is 0.877. The molecule has 22 heavy (non-hydrogen) atoms. The van der Waals surface area contributed by atoms with Crippen molar-refractivity contribution in [3.63, 3.8) is 0 Å². The molecule has 0 bridgehead atoms. The van der Waals surface area contributed by atoms with Gasteiger partial charge in [0.05, 0.1) is 0 Å². The van der Waals surface area contributed by atoms with Gasteiger partial charge in [-0.2, -0.15) is 0 Å². The highest BCUT2D eigenvalue weighted by atomic mass is 35.5. The lowest BCUT2D eigenvalue weighted by atomic mass is 10.0. The predicted octanol–water partition coefficient (Wildman–Crippen LogP) is 2.58. The Hall–Kier alpha value is -1.99. The van der Waals surface area contributed by atoms with Crippen molar-refractivity contribution >= 4 is 39.9 Å². The van der Waals surface area contributed by atoms with Crippen LogP contribution in [0.2, 0.25) is 5.02 Å². The molecule has 1 aromatic carbocycles. The van der Waals surface area contributed by atoms with Crippen molar-refractivity contribution in [3.05, 3.63) is 40.4 Å². The third-order valence-electron chi connectivity index (χ3n) is 2.93. The summed E-state index contributed by atoms with van der Waals surface area (Å²) in [6.07, 6.45) is 0. The number of hydrogen-bond donors (Lipinski definition) is 2. The van der Waals surface area contributed by atoms with E-state index in [1.54, 1.807) is 24.3 Å². The van der Waals surface area contributed by atoms with Gasteiger partial charge in [-0.05, 0) is 30.2 Å². The molecule has 1 heterocycles. The minimum atomic E-state index is -0.674. The second-order valence-electron chi connectivity index (χ2n) is 4.94. The molecule has 8 heteroatoms. The number of carbonyl (C=O) groups is 2. The number of halogens is 1. The molecule has 0 unspecified atom stereocenters. The number of carbonyl (C=O) groups excluding carboxylic acids is 2. The molecule has 2 aromatic rings. The Bertz CT molecular complexity index is 643. The summed E-state index contributed by atoms with van der Waals surface area (Å²) in [4.78, 5) is 24.5. The largest absolute Gasteiger partial charge is 0.340 e. The van der Waals surface area contributed by atoms with Crippen LogP contribution in [0.4, 0.5) is 5.13 Å². The van der Waals surface area contributed by atoms with Crippen molar-refractivity contribution in [1.29, 1.82) is 0 Å². The molecule has 116 valence electrons. The van der Waals surface area contributed by atoms with Gasteiger partial charge in [-0.3, -0.25) is 14.9 Å². The number of amides is 2. The maximum absolute atomic E-state index is 12.3. The molecule has 0 fully saturated rings. The third-order valence-corrected chi connectivity index (χ3v) is 3.79. The van der Waals surface area contributed by atoms with E-state index >= 15 is 0 Å². The second kappa shape index (κ2) is 7.33. The number of hydrogen-bond acceptors (Lipinski definition) is 5. The molecule has 1 atom stereocenters. The fourth-order valence-electron chi connectivity index (χ4n) is 1.77. The van der Waals surface area contributed by atoms with E-state index in [4.69, 9.17) is 11.6 Å². The van der Waals surface area contributed by atoms with Crippen LogP contribution in [0.25, 0.3) is 0 Å². The van der Waals surface area contributed by atoms with E-state index in [9.17, 15) is 9.59 Å². The van der Waals surface area contributed by atoms with Gasteiger partial charge in [0, 0.05) is 10.6 Å².